The molecular formula is C15H25NO3. The molecule has 108 valence electrons. The minimum absolute atomic E-state index is 0.0104. The van der Waals surface area contributed by atoms with Crippen molar-refractivity contribution in [2.24, 2.45) is 17.3 Å². The summed E-state index contributed by atoms with van der Waals surface area (Å²) in [4.78, 5) is 25.9. The smallest absolute Gasteiger partial charge is 0.410 e. The minimum Gasteiger partial charge on any atom is -0.444 e. The van der Waals surface area contributed by atoms with Crippen LogP contribution in [0.4, 0.5) is 4.79 Å². The van der Waals surface area contributed by atoms with E-state index in [1.807, 2.05) is 20.8 Å². The first kappa shape index (κ1) is 14.4. The molecule has 1 amide bonds. The van der Waals surface area contributed by atoms with Crippen LogP contribution in [0.2, 0.25) is 0 Å². The highest BCUT2D eigenvalue weighted by Crippen LogP contribution is 2.46. The van der Waals surface area contributed by atoms with Gasteiger partial charge >= 0.3 is 6.09 Å². The molecule has 0 aromatic rings. The number of Topliss-reactive ketones (excluding diaryl/α,β-unsaturated/α-hetero) is 1. The van der Waals surface area contributed by atoms with Gasteiger partial charge in [-0.2, -0.15) is 0 Å². The van der Waals surface area contributed by atoms with Gasteiger partial charge in [-0.05, 0) is 38.5 Å². The maximum absolute atomic E-state index is 12.1. The number of nitrogens with zero attached hydrogens (tertiary/aromatic N) is 1. The quantitative estimate of drug-likeness (QED) is 0.678. The van der Waals surface area contributed by atoms with Crippen molar-refractivity contribution in [1.29, 1.82) is 0 Å². The highest BCUT2D eigenvalue weighted by atomic mass is 16.6. The lowest BCUT2D eigenvalue weighted by atomic mass is 9.64. The van der Waals surface area contributed by atoms with Gasteiger partial charge in [0.15, 0.2) is 0 Å². The summed E-state index contributed by atoms with van der Waals surface area (Å²) in [6.07, 6.45) is 1.29. The summed E-state index contributed by atoms with van der Waals surface area (Å²) in [5, 5.41) is 0. The number of carbonyl (C=O) groups is 2. The molecule has 2 fully saturated rings. The molecule has 1 saturated carbocycles. The van der Waals surface area contributed by atoms with Crippen molar-refractivity contribution in [3.05, 3.63) is 0 Å². The Morgan fingerprint density at radius 3 is 2.47 bits per heavy atom. The monoisotopic (exact) mass is 267 g/mol. The summed E-state index contributed by atoms with van der Waals surface area (Å²) < 4.78 is 5.41. The van der Waals surface area contributed by atoms with Crippen LogP contribution in [0.15, 0.2) is 0 Å². The van der Waals surface area contributed by atoms with Crippen molar-refractivity contribution in [3.8, 4) is 0 Å². The fraction of sp³-hybridized carbons (Fsp3) is 0.867. The number of amides is 1. The van der Waals surface area contributed by atoms with E-state index in [1.54, 1.807) is 4.90 Å². The van der Waals surface area contributed by atoms with Crippen LogP contribution in [-0.2, 0) is 9.53 Å². The van der Waals surface area contributed by atoms with Gasteiger partial charge in [0.1, 0.15) is 11.4 Å². The van der Waals surface area contributed by atoms with E-state index < -0.39 is 5.60 Å². The number of hydrogen-bond donors (Lipinski definition) is 0. The Kier molecular flexibility index (Phi) is 3.40. The first-order valence-corrected chi connectivity index (χ1v) is 7.11. The van der Waals surface area contributed by atoms with Crippen LogP contribution in [0.3, 0.4) is 0 Å². The molecular weight excluding hydrogens is 242 g/mol. The number of carbonyl (C=O) groups excluding carboxylic acids is 2. The maximum atomic E-state index is 12.1. The van der Waals surface area contributed by atoms with Crippen molar-refractivity contribution >= 4 is 11.9 Å². The Balaban J connectivity index is 2.09. The van der Waals surface area contributed by atoms with E-state index in [4.69, 9.17) is 4.74 Å². The van der Waals surface area contributed by atoms with Crippen molar-refractivity contribution in [1.82, 2.24) is 4.90 Å². The normalized spacial score (nSPS) is 30.2. The van der Waals surface area contributed by atoms with Crippen LogP contribution < -0.4 is 0 Å². The summed E-state index contributed by atoms with van der Waals surface area (Å²) in [6.45, 7) is 11.2. The third-order valence-corrected chi connectivity index (χ3v) is 4.40. The van der Waals surface area contributed by atoms with Crippen LogP contribution in [0.25, 0.3) is 0 Å². The van der Waals surface area contributed by atoms with Crippen LogP contribution in [0.5, 0.6) is 0 Å². The molecule has 0 bridgehead atoms. The molecule has 0 aromatic heterocycles. The van der Waals surface area contributed by atoms with E-state index >= 15 is 0 Å². The van der Waals surface area contributed by atoms with E-state index in [0.29, 0.717) is 25.3 Å². The number of ether oxygens (including phenoxy) is 1. The first-order valence-electron chi connectivity index (χ1n) is 7.11. The summed E-state index contributed by atoms with van der Waals surface area (Å²) >= 11 is 0. The average Bonchev–Trinajstić information content (AvgIpc) is 2.68. The fourth-order valence-corrected chi connectivity index (χ4v) is 3.21. The Labute approximate surface area is 115 Å². The summed E-state index contributed by atoms with van der Waals surface area (Å²) in [5.41, 5.74) is -0.348. The lowest BCUT2D eigenvalue weighted by Crippen LogP contribution is -2.39. The van der Waals surface area contributed by atoms with Gasteiger partial charge < -0.3 is 9.64 Å². The first-order chi connectivity index (χ1) is 8.60. The van der Waals surface area contributed by atoms with Gasteiger partial charge in [-0.15, -0.1) is 0 Å². The van der Waals surface area contributed by atoms with Crippen molar-refractivity contribution < 1.29 is 14.3 Å². The molecule has 2 atom stereocenters. The average molecular weight is 267 g/mol. The Bertz CT molecular complexity index is 395. The molecule has 2 rings (SSSR count). The summed E-state index contributed by atoms with van der Waals surface area (Å²) in [5.74, 6) is 0.605. The molecule has 0 aromatic carbocycles. The zero-order chi connectivity index (χ0) is 14.4. The molecule has 1 heterocycles. The molecule has 19 heavy (non-hydrogen) atoms. The van der Waals surface area contributed by atoms with Crippen LogP contribution in [-0.4, -0.2) is 35.5 Å². The SMILES string of the molecule is CC(C)(C)OC(=O)N1CC2C(=O)CCC(C)(C)C2C1. The fourth-order valence-electron chi connectivity index (χ4n) is 3.21. The summed E-state index contributed by atoms with van der Waals surface area (Å²) in [7, 11) is 0. The lowest BCUT2D eigenvalue weighted by molar-refractivity contribution is -0.128. The zero-order valence-corrected chi connectivity index (χ0v) is 12.7. The topological polar surface area (TPSA) is 46.6 Å². The molecule has 0 radical (unpaired) electrons. The van der Waals surface area contributed by atoms with Crippen LogP contribution >= 0.6 is 0 Å². The second kappa shape index (κ2) is 4.50. The van der Waals surface area contributed by atoms with E-state index in [2.05, 4.69) is 13.8 Å². The number of fused-ring (bicyclic) bond motifs is 1. The van der Waals surface area contributed by atoms with Gasteiger partial charge in [-0.25, -0.2) is 4.79 Å². The molecule has 4 nitrogen and oxygen atoms in total. The second-order valence-electron chi connectivity index (χ2n) is 7.55. The highest BCUT2D eigenvalue weighted by Gasteiger charge is 2.50. The zero-order valence-electron chi connectivity index (χ0n) is 12.7. The number of rotatable bonds is 0. The third-order valence-electron chi connectivity index (χ3n) is 4.40. The number of ketones is 1. The molecule has 2 unspecified atom stereocenters. The predicted octanol–water partition coefficient (Wildman–Crippen LogP) is 2.86. The van der Waals surface area contributed by atoms with Crippen molar-refractivity contribution in [3.63, 3.8) is 0 Å². The van der Waals surface area contributed by atoms with Gasteiger partial charge in [0.25, 0.3) is 0 Å². The molecule has 1 saturated heterocycles. The van der Waals surface area contributed by atoms with Gasteiger partial charge in [-0.1, -0.05) is 13.8 Å². The molecule has 1 aliphatic carbocycles. The van der Waals surface area contributed by atoms with Gasteiger partial charge in [-0.3, -0.25) is 4.79 Å². The molecule has 4 heteroatoms. The Morgan fingerprint density at radius 1 is 1.32 bits per heavy atom. The van der Waals surface area contributed by atoms with Crippen molar-refractivity contribution in [2.45, 2.75) is 53.1 Å². The van der Waals surface area contributed by atoms with E-state index in [0.717, 1.165) is 6.42 Å². The van der Waals surface area contributed by atoms with Crippen LogP contribution in [0, 0.1) is 17.3 Å². The standard InChI is InChI=1S/C15H25NO3/c1-14(2,3)19-13(18)16-8-10-11(9-16)15(4,5)7-6-12(10)17/h10-11H,6-9H2,1-5H3. The second-order valence-corrected chi connectivity index (χ2v) is 7.55. The van der Waals surface area contributed by atoms with E-state index in [-0.39, 0.29) is 23.3 Å². The van der Waals surface area contributed by atoms with Gasteiger partial charge in [0, 0.05) is 25.4 Å². The van der Waals surface area contributed by atoms with E-state index in [9.17, 15) is 9.59 Å². The van der Waals surface area contributed by atoms with Gasteiger partial charge in [0.2, 0.25) is 0 Å². The lowest BCUT2D eigenvalue weighted by Gasteiger charge is -2.38. The van der Waals surface area contributed by atoms with Crippen LogP contribution in [0.1, 0.15) is 47.5 Å². The Morgan fingerprint density at radius 2 is 1.95 bits per heavy atom. The maximum Gasteiger partial charge on any atom is 0.410 e. The van der Waals surface area contributed by atoms with E-state index in [1.165, 1.54) is 0 Å². The largest absolute Gasteiger partial charge is 0.444 e. The van der Waals surface area contributed by atoms with Crippen molar-refractivity contribution in [2.75, 3.05) is 13.1 Å². The molecule has 0 spiro atoms. The Hall–Kier alpha value is -1.06. The van der Waals surface area contributed by atoms with Gasteiger partial charge in [0.05, 0.1) is 0 Å². The highest BCUT2D eigenvalue weighted by molar-refractivity contribution is 5.84. The summed E-state index contributed by atoms with van der Waals surface area (Å²) in [6, 6.07) is 0. The predicted molar refractivity (Wildman–Crippen MR) is 72.8 cm³/mol. The molecule has 1 aliphatic heterocycles. The third kappa shape index (κ3) is 2.93. The molecule has 0 N–H and O–H groups in total. The number of likely N-dealkylation sites (tertiary alicyclic amines) is 1. The molecule has 2 aliphatic rings. The minimum atomic E-state index is -0.482. The number of hydrogen-bond acceptors (Lipinski definition) is 3.